The molecule has 0 aliphatic carbocycles. The average Bonchev–Trinajstić information content (AvgIpc) is 2.55. The summed E-state index contributed by atoms with van der Waals surface area (Å²) in [4.78, 5) is 11.9. The van der Waals surface area contributed by atoms with E-state index in [9.17, 15) is 4.79 Å². The van der Waals surface area contributed by atoms with Crippen LogP contribution in [0, 0.1) is 11.8 Å². The lowest BCUT2D eigenvalue weighted by Crippen LogP contribution is -2.51. The number of likely N-dealkylation sites (N-methyl/N-ethyl adjacent to an activating group) is 1. The van der Waals surface area contributed by atoms with Gasteiger partial charge in [0, 0.05) is 26.9 Å². The molecule has 5 nitrogen and oxygen atoms in total. The van der Waals surface area contributed by atoms with Crippen LogP contribution in [0.2, 0.25) is 0 Å². The second kappa shape index (κ2) is 6.63. The predicted octanol–water partition coefficient (Wildman–Crippen LogP) is 1.08. The Bertz CT molecular complexity index is 363. The van der Waals surface area contributed by atoms with E-state index in [-0.39, 0.29) is 17.6 Å². The summed E-state index contributed by atoms with van der Waals surface area (Å²) in [6.45, 7) is 3.50. The maximum absolute atomic E-state index is 11.9. The average molecular weight is 296 g/mol. The number of carbonyl (C=O) groups excluding carboxylic acids is 1. The Kier molecular flexibility index (Phi) is 4.82. The fourth-order valence-corrected chi connectivity index (χ4v) is 4.31. The number of piperidine rings is 1. The molecule has 3 saturated heterocycles. The number of rotatable bonds is 2. The van der Waals surface area contributed by atoms with E-state index in [1.165, 1.54) is 6.42 Å². The highest BCUT2D eigenvalue weighted by Gasteiger charge is 2.42. The smallest absolute Gasteiger partial charge is 0.236 e. The quantitative estimate of drug-likeness (QED) is 0.800. The number of carbonyl (C=O) groups is 1. The summed E-state index contributed by atoms with van der Waals surface area (Å²) in [6.07, 6.45) is 6.53. The lowest BCUT2D eigenvalue weighted by atomic mass is 9.71. The van der Waals surface area contributed by atoms with Gasteiger partial charge in [-0.2, -0.15) is 0 Å². The van der Waals surface area contributed by atoms with Crippen LogP contribution < -0.4 is 10.6 Å². The first-order chi connectivity index (χ1) is 10.2. The van der Waals surface area contributed by atoms with Gasteiger partial charge in [-0.15, -0.1) is 0 Å². The van der Waals surface area contributed by atoms with Gasteiger partial charge in [0.15, 0.2) is 0 Å². The Labute approximate surface area is 127 Å². The SMILES string of the molecule is CNC(=O)C1CC(C2CCOC3(CCOCC3)C2)CCN1. The number of nitrogens with one attached hydrogen (secondary N) is 2. The van der Waals surface area contributed by atoms with Crippen LogP contribution in [0.4, 0.5) is 0 Å². The first kappa shape index (κ1) is 15.3. The maximum Gasteiger partial charge on any atom is 0.236 e. The van der Waals surface area contributed by atoms with Crippen LogP contribution in [-0.2, 0) is 14.3 Å². The molecule has 0 radical (unpaired) electrons. The van der Waals surface area contributed by atoms with E-state index >= 15 is 0 Å². The van der Waals surface area contributed by atoms with E-state index < -0.39 is 0 Å². The second-order valence-electron chi connectivity index (χ2n) is 6.80. The third-order valence-corrected chi connectivity index (χ3v) is 5.61. The van der Waals surface area contributed by atoms with Crippen molar-refractivity contribution in [3.05, 3.63) is 0 Å². The molecule has 0 bridgehead atoms. The molecule has 5 heteroatoms. The molecule has 0 saturated carbocycles. The van der Waals surface area contributed by atoms with Crippen LogP contribution in [0.15, 0.2) is 0 Å². The fraction of sp³-hybridized carbons (Fsp3) is 0.938. The molecule has 3 atom stereocenters. The van der Waals surface area contributed by atoms with Crippen LogP contribution >= 0.6 is 0 Å². The summed E-state index contributed by atoms with van der Waals surface area (Å²) >= 11 is 0. The summed E-state index contributed by atoms with van der Waals surface area (Å²) in [5.74, 6) is 1.48. The highest BCUT2D eigenvalue weighted by Crippen LogP contribution is 2.42. The molecule has 2 N–H and O–H groups in total. The van der Waals surface area contributed by atoms with Crippen molar-refractivity contribution in [2.75, 3.05) is 33.4 Å². The zero-order chi connectivity index (χ0) is 14.7. The van der Waals surface area contributed by atoms with Crippen LogP contribution in [0.5, 0.6) is 0 Å². The fourth-order valence-electron chi connectivity index (χ4n) is 4.31. The Hall–Kier alpha value is -0.650. The molecular formula is C16H28N2O3. The number of amides is 1. The summed E-state index contributed by atoms with van der Waals surface area (Å²) in [7, 11) is 1.72. The van der Waals surface area contributed by atoms with Gasteiger partial charge in [-0.25, -0.2) is 0 Å². The molecule has 1 amide bonds. The van der Waals surface area contributed by atoms with Gasteiger partial charge in [-0.1, -0.05) is 0 Å². The van der Waals surface area contributed by atoms with Crippen LogP contribution in [0.3, 0.4) is 0 Å². The third kappa shape index (κ3) is 3.41. The molecule has 3 heterocycles. The standard InChI is InChI=1S/C16H28N2O3/c1-17-15(19)14-10-12(2-6-18-14)13-3-7-21-16(11-13)4-8-20-9-5-16/h12-14,18H,2-11H2,1H3,(H,17,19). The molecular weight excluding hydrogens is 268 g/mol. The number of hydrogen-bond donors (Lipinski definition) is 2. The highest BCUT2D eigenvalue weighted by molar-refractivity contribution is 5.81. The monoisotopic (exact) mass is 296 g/mol. The Morgan fingerprint density at radius 2 is 2.00 bits per heavy atom. The zero-order valence-electron chi connectivity index (χ0n) is 13.0. The van der Waals surface area contributed by atoms with E-state index in [0.29, 0.717) is 11.8 Å². The Morgan fingerprint density at radius 3 is 2.76 bits per heavy atom. The molecule has 3 unspecified atom stereocenters. The van der Waals surface area contributed by atoms with Crippen LogP contribution in [-0.4, -0.2) is 51.0 Å². The van der Waals surface area contributed by atoms with E-state index in [2.05, 4.69) is 10.6 Å². The van der Waals surface area contributed by atoms with Crippen molar-refractivity contribution in [1.82, 2.24) is 10.6 Å². The normalized spacial score (nSPS) is 36.3. The molecule has 21 heavy (non-hydrogen) atoms. The van der Waals surface area contributed by atoms with Gasteiger partial charge in [0.25, 0.3) is 0 Å². The number of hydrogen-bond acceptors (Lipinski definition) is 4. The van der Waals surface area contributed by atoms with E-state index in [1.807, 2.05) is 0 Å². The molecule has 0 aromatic heterocycles. The largest absolute Gasteiger partial charge is 0.381 e. The first-order valence-corrected chi connectivity index (χ1v) is 8.39. The Balaban J connectivity index is 1.61. The van der Waals surface area contributed by atoms with Crippen LogP contribution in [0.25, 0.3) is 0 Å². The van der Waals surface area contributed by atoms with Gasteiger partial charge in [0.2, 0.25) is 5.91 Å². The lowest BCUT2D eigenvalue weighted by molar-refractivity contribution is -0.154. The third-order valence-electron chi connectivity index (χ3n) is 5.61. The number of ether oxygens (including phenoxy) is 2. The van der Waals surface area contributed by atoms with Crippen molar-refractivity contribution < 1.29 is 14.3 Å². The lowest BCUT2D eigenvalue weighted by Gasteiger charge is -2.46. The summed E-state index contributed by atoms with van der Waals surface area (Å²) in [6, 6.07) is -0.0118. The van der Waals surface area contributed by atoms with Crippen molar-refractivity contribution in [3.8, 4) is 0 Å². The topological polar surface area (TPSA) is 59.6 Å². The molecule has 3 aliphatic rings. The predicted molar refractivity (Wildman–Crippen MR) is 80.0 cm³/mol. The summed E-state index contributed by atoms with van der Waals surface area (Å²) in [5.41, 5.74) is 0.0640. The minimum Gasteiger partial charge on any atom is -0.381 e. The zero-order valence-corrected chi connectivity index (χ0v) is 13.0. The van der Waals surface area contributed by atoms with Gasteiger partial charge < -0.3 is 20.1 Å². The molecule has 3 rings (SSSR count). The molecule has 120 valence electrons. The molecule has 0 aromatic rings. The van der Waals surface area contributed by atoms with Gasteiger partial charge in [-0.05, 0) is 56.9 Å². The minimum absolute atomic E-state index is 0.0118. The van der Waals surface area contributed by atoms with Crippen molar-refractivity contribution in [3.63, 3.8) is 0 Å². The molecule has 1 spiro atoms. The van der Waals surface area contributed by atoms with Gasteiger partial charge in [0.1, 0.15) is 0 Å². The summed E-state index contributed by atoms with van der Waals surface area (Å²) in [5, 5.41) is 6.12. The van der Waals surface area contributed by atoms with E-state index in [1.54, 1.807) is 7.05 Å². The van der Waals surface area contributed by atoms with Gasteiger partial charge >= 0.3 is 0 Å². The Morgan fingerprint density at radius 1 is 1.19 bits per heavy atom. The molecule has 3 fully saturated rings. The van der Waals surface area contributed by atoms with Crippen molar-refractivity contribution in [2.24, 2.45) is 11.8 Å². The highest BCUT2D eigenvalue weighted by atomic mass is 16.5. The first-order valence-electron chi connectivity index (χ1n) is 8.39. The van der Waals surface area contributed by atoms with Gasteiger partial charge in [0.05, 0.1) is 11.6 Å². The van der Waals surface area contributed by atoms with Gasteiger partial charge in [-0.3, -0.25) is 4.79 Å². The van der Waals surface area contributed by atoms with Crippen molar-refractivity contribution in [1.29, 1.82) is 0 Å². The molecule has 0 aromatic carbocycles. The second-order valence-corrected chi connectivity index (χ2v) is 6.80. The van der Waals surface area contributed by atoms with Crippen molar-refractivity contribution >= 4 is 5.91 Å². The minimum atomic E-state index is -0.0118. The van der Waals surface area contributed by atoms with Crippen molar-refractivity contribution in [2.45, 2.75) is 50.2 Å². The van der Waals surface area contributed by atoms with E-state index in [4.69, 9.17) is 9.47 Å². The molecule has 3 aliphatic heterocycles. The van der Waals surface area contributed by atoms with Crippen LogP contribution in [0.1, 0.15) is 38.5 Å². The van der Waals surface area contributed by atoms with E-state index in [0.717, 1.165) is 58.5 Å². The summed E-state index contributed by atoms with van der Waals surface area (Å²) < 4.78 is 11.6. The maximum atomic E-state index is 11.9.